The molecule has 7 heteroatoms. The fourth-order valence-electron chi connectivity index (χ4n) is 1.87. The van der Waals surface area contributed by atoms with E-state index >= 15 is 0 Å². The normalized spacial score (nSPS) is 10.6. The van der Waals surface area contributed by atoms with Gasteiger partial charge in [0.05, 0.1) is 27.1 Å². The molecule has 0 bridgehead atoms. The molecule has 2 heterocycles. The van der Waals surface area contributed by atoms with Crippen LogP contribution in [0.2, 0.25) is 0 Å². The fraction of sp³-hybridized carbons (Fsp3) is 0.0714. The van der Waals surface area contributed by atoms with Gasteiger partial charge < -0.3 is 5.32 Å². The Balaban J connectivity index is 1.91. The smallest absolute Gasteiger partial charge is 0.275 e. The summed E-state index contributed by atoms with van der Waals surface area (Å²) >= 11 is 4.82. The summed E-state index contributed by atoms with van der Waals surface area (Å²) in [6.07, 6.45) is 3.53. The number of halogens is 1. The Morgan fingerprint density at radius 2 is 2.19 bits per heavy atom. The van der Waals surface area contributed by atoms with Gasteiger partial charge in [-0.25, -0.2) is 9.67 Å². The number of rotatable bonds is 3. The van der Waals surface area contributed by atoms with Crippen LogP contribution in [0.1, 0.15) is 15.5 Å². The van der Waals surface area contributed by atoms with Gasteiger partial charge >= 0.3 is 0 Å². The van der Waals surface area contributed by atoms with E-state index in [1.807, 2.05) is 37.4 Å². The molecule has 21 heavy (non-hydrogen) atoms. The van der Waals surface area contributed by atoms with E-state index in [4.69, 9.17) is 0 Å². The molecule has 3 rings (SSSR count). The number of thiazole rings is 1. The van der Waals surface area contributed by atoms with Crippen LogP contribution in [0.15, 0.2) is 46.5 Å². The van der Waals surface area contributed by atoms with Crippen molar-refractivity contribution in [2.75, 3.05) is 5.32 Å². The Bertz CT molecular complexity index is 796. The number of anilines is 1. The molecule has 106 valence electrons. The number of nitrogens with one attached hydrogen (secondary N) is 1. The number of amides is 1. The minimum Gasteiger partial charge on any atom is -0.319 e. The number of nitrogens with zero attached hydrogens (tertiary/aromatic N) is 3. The van der Waals surface area contributed by atoms with Crippen LogP contribution in [0.3, 0.4) is 0 Å². The Hall–Kier alpha value is -1.99. The van der Waals surface area contributed by atoms with Gasteiger partial charge in [-0.3, -0.25) is 4.79 Å². The van der Waals surface area contributed by atoms with Gasteiger partial charge in [0.25, 0.3) is 5.91 Å². The van der Waals surface area contributed by atoms with Crippen molar-refractivity contribution < 1.29 is 4.79 Å². The van der Waals surface area contributed by atoms with Crippen LogP contribution in [-0.4, -0.2) is 20.7 Å². The molecule has 0 aliphatic heterocycles. The van der Waals surface area contributed by atoms with E-state index in [1.165, 1.54) is 11.3 Å². The molecule has 5 nitrogen and oxygen atoms in total. The molecular weight excluding hydrogens is 352 g/mol. The average Bonchev–Trinajstić information content (AvgIpc) is 3.08. The van der Waals surface area contributed by atoms with E-state index in [-0.39, 0.29) is 5.91 Å². The Morgan fingerprint density at radius 3 is 2.86 bits per heavy atom. The second-order valence-corrected chi connectivity index (χ2v) is 6.30. The zero-order valence-electron chi connectivity index (χ0n) is 11.1. The highest BCUT2D eigenvalue weighted by Gasteiger charge is 2.12. The molecule has 3 aromatic rings. The van der Waals surface area contributed by atoms with Crippen LogP contribution < -0.4 is 5.32 Å². The quantitative estimate of drug-likeness (QED) is 0.773. The summed E-state index contributed by atoms with van der Waals surface area (Å²) in [5.74, 6) is -0.224. The van der Waals surface area contributed by atoms with Crippen LogP contribution in [-0.2, 0) is 0 Å². The molecule has 0 radical (unpaired) electrons. The molecule has 1 aromatic carbocycles. The lowest BCUT2D eigenvalue weighted by Crippen LogP contribution is -2.14. The van der Waals surface area contributed by atoms with Crippen molar-refractivity contribution in [3.63, 3.8) is 0 Å². The lowest BCUT2D eigenvalue weighted by Gasteiger charge is -2.10. The molecule has 0 fully saturated rings. The maximum atomic E-state index is 12.2. The van der Waals surface area contributed by atoms with Crippen LogP contribution >= 0.6 is 27.3 Å². The molecule has 1 amide bonds. The number of carbonyl (C=O) groups excluding carboxylic acids is 1. The molecular formula is C14H11BrN4OS. The molecule has 0 aliphatic rings. The monoisotopic (exact) mass is 362 g/mol. The minimum absolute atomic E-state index is 0.224. The number of para-hydroxylation sites is 2. The number of hydrogen-bond donors (Lipinski definition) is 1. The summed E-state index contributed by atoms with van der Waals surface area (Å²) < 4.78 is 2.57. The largest absolute Gasteiger partial charge is 0.319 e. The van der Waals surface area contributed by atoms with Crippen molar-refractivity contribution in [1.82, 2.24) is 14.8 Å². The molecule has 0 saturated carbocycles. The Kier molecular flexibility index (Phi) is 3.85. The van der Waals surface area contributed by atoms with E-state index in [1.54, 1.807) is 16.3 Å². The van der Waals surface area contributed by atoms with Crippen molar-refractivity contribution in [3.05, 3.63) is 57.2 Å². The highest BCUT2D eigenvalue weighted by molar-refractivity contribution is 9.10. The first-order chi connectivity index (χ1) is 10.1. The summed E-state index contributed by atoms with van der Waals surface area (Å²) in [6, 6.07) is 7.49. The topological polar surface area (TPSA) is 59.8 Å². The van der Waals surface area contributed by atoms with E-state index in [9.17, 15) is 4.79 Å². The first-order valence-electron chi connectivity index (χ1n) is 6.16. The fourth-order valence-corrected chi connectivity index (χ4v) is 2.74. The minimum atomic E-state index is -0.224. The van der Waals surface area contributed by atoms with E-state index in [0.29, 0.717) is 11.4 Å². The lowest BCUT2D eigenvalue weighted by molar-refractivity contribution is 0.102. The number of benzene rings is 1. The van der Waals surface area contributed by atoms with Gasteiger partial charge in [0.15, 0.2) is 0 Å². The molecule has 0 unspecified atom stereocenters. The highest BCUT2D eigenvalue weighted by Crippen LogP contribution is 2.22. The zero-order valence-corrected chi connectivity index (χ0v) is 13.5. The highest BCUT2D eigenvalue weighted by atomic mass is 79.9. The van der Waals surface area contributed by atoms with Gasteiger partial charge in [-0.05, 0) is 35.0 Å². The lowest BCUT2D eigenvalue weighted by atomic mass is 10.2. The molecule has 0 aliphatic carbocycles. The van der Waals surface area contributed by atoms with Crippen molar-refractivity contribution in [3.8, 4) is 5.69 Å². The SMILES string of the molecule is Cc1nc(C(=O)Nc2ccccc2-n2cc(Br)cn2)cs1. The average molecular weight is 363 g/mol. The number of carbonyl (C=O) groups is 1. The standard InChI is InChI=1S/C14H11BrN4OS/c1-9-17-12(8-21-9)14(20)18-11-4-2-3-5-13(11)19-7-10(15)6-16-19/h2-8H,1H3,(H,18,20). The van der Waals surface area contributed by atoms with E-state index in [0.717, 1.165) is 15.2 Å². The summed E-state index contributed by atoms with van der Waals surface area (Å²) in [7, 11) is 0. The molecule has 0 saturated heterocycles. The third kappa shape index (κ3) is 3.03. The van der Waals surface area contributed by atoms with Crippen molar-refractivity contribution >= 4 is 38.9 Å². The second-order valence-electron chi connectivity index (χ2n) is 4.33. The van der Waals surface area contributed by atoms with E-state index < -0.39 is 0 Å². The van der Waals surface area contributed by atoms with Crippen LogP contribution in [0, 0.1) is 6.92 Å². The number of aromatic nitrogens is 3. The van der Waals surface area contributed by atoms with Crippen LogP contribution in [0.5, 0.6) is 0 Å². The number of hydrogen-bond acceptors (Lipinski definition) is 4. The molecule has 2 aromatic heterocycles. The zero-order chi connectivity index (χ0) is 14.8. The second kappa shape index (κ2) is 5.79. The first-order valence-corrected chi connectivity index (χ1v) is 7.84. The third-order valence-corrected chi connectivity index (χ3v) is 3.98. The van der Waals surface area contributed by atoms with Gasteiger partial charge in [0.1, 0.15) is 5.69 Å². The predicted octanol–water partition coefficient (Wildman–Crippen LogP) is 3.65. The van der Waals surface area contributed by atoms with Gasteiger partial charge in [0, 0.05) is 11.6 Å². The molecule has 0 spiro atoms. The predicted molar refractivity (Wildman–Crippen MR) is 86.1 cm³/mol. The van der Waals surface area contributed by atoms with Crippen LogP contribution in [0.4, 0.5) is 5.69 Å². The molecule has 1 N–H and O–H groups in total. The van der Waals surface area contributed by atoms with Gasteiger partial charge in [-0.1, -0.05) is 12.1 Å². The Morgan fingerprint density at radius 1 is 1.38 bits per heavy atom. The summed E-state index contributed by atoms with van der Waals surface area (Å²) in [5, 5.41) is 9.73. The maximum Gasteiger partial charge on any atom is 0.275 e. The Labute approximate surface area is 133 Å². The van der Waals surface area contributed by atoms with Gasteiger partial charge in [-0.15, -0.1) is 11.3 Å². The maximum absolute atomic E-state index is 12.2. The van der Waals surface area contributed by atoms with Gasteiger partial charge in [-0.2, -0.15) is 5.10 Å². The number of aryl methyl sites for hydroxylation is 1. The van der Waals surface area contributed by atoms with E-state index in [2.05, 4.69) is 31.3 Å². The van der Waals surface area contributed by atoms with Crippen molar-refractivity contribution in [1.29, 1.82) is 0 Å². The summed E-state index contributed by atoms with van der Waals surface area (Å²) in [4.78, 5) is 16.4. The summed E-state index contributed by atoms with van der Waals surface area (Å²) in [6.45, 7) is 1.87. The van der Waals surface area contributed by atoms with Gasteiger partial charge in [0.2, 0.25) is 0 Å². The first kappa shape index (κ1) is 14.0. The summed E-state index contributed by atoms with van der Waals surface area (Å²) in [5.41, 5.74) is 1.90. The third-order valence-electron chi connectivity index (χ3n) is 2.80. The van der Waals surface area contributed by atoms with Crippen molar-refractivity contribution in [2.45, 2.75) is 6.92 Å². The van der Waals surface area contributed by atoms with Crippen LogP contribution in [0.25, 0.3) is 5.69 Å². The molecule has 0 atom stereocenters. The van der Waals surface area contributed by atoms with Crippen molar-refractivity contribution in [2.24, 2.45) is 0 Å².